The summed E-state index contributed by atoms with van der Waals surface area (Å²) in [6, 6.07) is 3.46. The summed E-state index contributed by atoms with van der Waals surface area (Å²) in [5.41, 5.74) is 1.19. The van der Waals surface area contributed by atoms with Crippen molar-refractivity contribution in [1.29, 1.82) is 0 Å². The smallest absolute Gasteiger partial charge is 0.339 e. The zero-order valence-electron chi connectivity index (χ0n) is 10.7. The minimum absolute atomic E-state index is 0.246. The molecule has 6 heteroatoms. The first-order chi connectivity index (χ1) is 9.28. The second-order valence-corrected chi connectivity index (χ2v) is 4.60. The van der Waals surface area contributed by atoms with Gasteiger partial charge in [0.2, 0.25) is 0 Å². The maximum absolute atomic E-state index is 11.5. The summed E-state index contributed by atoms with van der Waals surface area (Å²) in [5.74, 6) is 0.650. The van der Waals surface area contributed by atoms with Crippen molar-refractivity contribution in [3.05, 3.63) is 29.7 Å². The van der Waals surface area contributed by atoms with Crippen molar-refractivity contribution in [3.63, 3.8) is 0 Å². The van der Waals surface area contributed by atoms with Crippen LogP contribution in [0.25, 0.3) is 5.65 Å². The van der Waals surface area contributed by atoms with Crippen molar-refractivity contribution >= 4 is 11.6 Å². The Hall–Kier alpha value is -1.95. The Morgan fingerprint density at radius 1 is 1.53 bits per heavy atom. The van der Waals surface area contributed by atoms with Gasteiger partial charge in [0.1, 0.15) is 0 Å². The molecule has 0 bridgehead atoms. The predicted octanol–water partition coefficient (Wildman–Crippen LogP) is 1.41. The van der Waals surface area contributed by atoms with Crippen LogP contribution >= 0.6 is 0 Å². The van der Waals surface area contributed by atoms with E-state index >= 15 is 0 Å². The van der Waals surface area contributed by atoms with Crippen molar-refractivity contribution in [2.75, 3.05) is 20.3 Å². The Balaban J connectivity index is 1.93. The number of nitrogens with zero attached hydrogens (tertiary/aromatic N) is 3. The highest BCUT2D eigenvalue weighted by molar-refractivity contribution is 5.89. The van der Waals surface area contributed by atoms with E-state index in [9.17, 15) is 4.79 Å². The minimum Gasteiger partial charge on any atom is -0.465 e. The molecule has 3 rings (SSSR count). The summed E-state index contributed by atoms with van der Waals surface area (Å²) < 4.78 is 11.8. The molecule has 6 nitrogen and oxygen atoms in total. The van der Waals surface area contributed by atoms with Crippen LogP contribution in [-0.4, -0.2) is 40.9 Å². The number of fused-ring (bicyclic) bond motifs is 1. The lowest BCUT2D eigenvalue weighted by atomic mass is 10.0. The van der Waals surface area contributed by atoms with E-state index in [4.69, 9.17) is 4.74 Å². The lowest BCUT2D eigenvalue weighted by Crippen LogP contribution is -2.16. The number of methoxy groups -OCH3 is 1. The van der Waals surface area contributed by atoms with Gasteiger partial charge in [0.05, 0.1) is 19.3 Å². The zero-order chi connectivity index (χ0) is 13.2. The molecule has 0 amide bonds. The Labute approximate surface area is 110 Å². The maximum atomic E-state index is 11.5. The Morgan fingerprint density at radius 2 is 2.42 bits per heavy atom. The molecule has 1 saturated heterocycles. The monoisotopic (exact) mass is 261 g/mol. The van der Waals surface area contributed by atoms with E-state index < -0.39 is 0 Å². The van der Waals surface area contributed by atoms with Gasteiger partial charge in [0.15, 0.2) is 11.5 Å². The van der Waals surface area contributed by atoms with Crippen molar-refractivity contribution in [3.8, 4) is 0 Å². The van der Waals surface area contributed by atoms with E-state index in [0.717, 1.165) is 30.9 Å². The molecule has 19 heavy (non-hydrogen) atoms. The molecule has 1 aliphatic heterocycles. The molecule has 100 valence electrons. The van der Waals surface area contributed by atoms with E-state index in [1.165, 1.54) is 7.11 Å². The Bertz CT molecular complexity index is 602. The topological polar surface area (TPSA) is 65.7 Å². The first-order valence-electron chi connectivity index (χ1n) is 6.30. The van der Waals surface area contributed by atoms with E-state index in [2.05, 4.69) is 14.8 Å². The summed E-state index contributed by atoms with van der Waals surface area (Å²) >= 11 is 0. The number of hydrogen-bond donors (Lipinski definition) is 0. The molecule has 2 aromatic heterocycles. The molecule has 1 fully saturated rings. The molecule has 0 N–H and O–H groups in total. The van der Waals surface area contributed by atoms with Gasteiger partial charge in [-0.2, -0.15) is 5.10 Å². The Morgan fingerprint density at radius 3 is 3.16 bits per heavy atom. The minimum atomic E-state index is -0.375. The SMILES string of the molecule is COC(=O)c1ccc2nc(C3CCCOC3)nn2c1. The van der Waals surface area contributed by atoms with Gasteiger partial charge >= 0.3 is 5.97 Å². The number of ether oxygens (including phenoxy) is 2. The summed E-state index contributed by atoms with van der Waals surface area (Å²) in [5, 5.41) is 4.43. The van der Waals surface area contributed by atoms with Gasteiger partial charge in [0, 0.05) is 18.7 Å². The number of rotatable bonds is 2. The maximum Gasteiger partial charge on any atom is 0.339 e. The number of esters is 1. The lowest BCUT2D eigenvalue weighted by Gasteiger charge is -2.18. The molecule has 2 aromatic rings. The van der Waals surface area contributed by atoms with Gasteiger partial charge in [-0.05, 0) is 25.0 Å². The van der Waals surface area contributed by atoms with Gasteiger partial charge in [-0.15, -0.1) is 0 Å². The van der Waals surface area contributed by atoms with Crippen LogP contribution in [0.1, 0.15) is 34.9 Å². The van der Waals surface area contributed by atoms with Crippen LogP contribution in [0.15, 0.2) is 18.3 Å². The third kappa shape index (κ3) is 2.31. The van der Waals surface area contributed by atoms with Gasteiger partial charge in [-0.25, -0.2) is 14.3 Å². The van der Waals surface area contributed by atoms with Crippen LogP contribution in [0, 0.1) is 0 Å². The van der Waals surface area contributed by atoms with Gasteiger partial charge in [0.25, 0.3) is 0 Å². The van der Waals surface area contributed by atoms with Gasteiger partial charge in [-0.3, -0.25) is 0 Å². The van der Waals surface area contributed by atoms with Crippen LogP contribution in [-0.2, 0) is 9.47 Å². The zero-order valence-corrected chi connectivity index (χ0v) is 10.7. The largest absolute Gasteiger partial charge is 0.465 e. The second kappa shape index (κ2) is 4.97. The Kier molecular flexibility index (Phi) is 3.16. The molecular formula is C13H15N3O3. The van der Waals surface area contributed by atoms with E-state index in [0.29, 0.717) is 12.2 Å². The third-order valence-electron chi connectivity index (χ3n) is 3.29. The summed E-state index contributed by atoms with van der Waals surface area (Å²) in [7, 11) is 1.36. The quantitative estimate of drug-likeness (QED) is 0.765. The van der Waals surface area contributed by atoms with Gasteiger partial charge < -0.3 is 9.47 Å². The van der Waals surface area contributed by atoms with Crippen LogP contribution < -0.4 is 0 Å². The van der Waals surface area contributed by atoms with Crippen molar-refractivity contribution in [2.24, 2.45) is 0 Å². The molecule has 1 atom stereocenters. The number of hydrogen-bond acceptors (Lipinski definition) is 5. The fourth-order valence-corrected chi connectivity index (χ4v) is 2.26. The molecular weight excluding hydrogens is 246 g/mol. The molecule has 0 aromatic carbocycles. The molecule has 1 unspecified atom stereocenters. The number of carbonyl (C=O) groups excluding carboxylic acids is 1. The van der Waals surface area contributed by atoms with Crippen LogP contribution in [0.5, 0.6) is 0 Å². The van der Waals surface area contributed by atoms with Crippen molar-refractivity contribution < 1.29 is 14.3 Å². The highest BCUT2D eigenvalue weighted by atomic mass is 16.5. The van der Waals surface area contributed by atoms with Gasteiger partial charge in [-0.1, -0.05) is 0 Å². The summed E-state index contributed by atoms with van der Waals surface area (Å²) in [6.45, 7) is 1.48. The van der Waals surface area contributed by atoms with Crippen LogP contribution in [0.4, 0.5) is 0 Å². The van der Waals surface area contributed by atoms with Crippen molar-refractivity contribution in [2.45, 2.75) is 18.8 Å². The van der Waals surface area contributed by atoms with E-state index in [1.807, 2.05) is 0 Å². The second-order valence-electron chi connectivity index (χ2n) is 4.60. The molecule has 0 saturated carbocycles. The van der Waals surface area contributed by atoms with E-state index in [1.54, 1.807) is 22.8 Å². The summed E-state index contributed by atoms with van der Waals surface area (Å²) in [6.07, 6.45) is 3.72. The normalized spacial score (nSPS) is 19.5. The average Bonchev–Trinajstić information content (AvgIpc) is 2.90. The number of carbonyl (C=O) groups is 1. The lowest BCUT2D eigenvalue weighted by molar-refractivity contribution is 0.0600. The van der Waals surface area contributed by atoms with Crippen LogP contribution in [0.3, 0.4) is 0 Å². The molecule has 3 heterocycles. The molecule has 0 radical (unpaired) electrons. The molecule has 0 spiro atoms. The highest BCUT2D eigenvalue weighted by Crippen LogP contribution is 2.23. The first-order valence-corrected chi connectivity index (χ1v) is 6.30. The summed E-state index contributed by atoms with van der Waals surface area (Å²) in [4.78, 5) is 15.9. The fourth-order valence-electron chi connectivity index (χ4n) is 2.26. The van der Waals surface area contributed by atoms with Crippen LogP contribution in [0.2, 0.25) is 0 Å². The number of aromatic nitrogens is 3. The highest BCUT2D eigenvalue weighted by Gasteiger charge is 2.20. The predicted molar refractivity (Wildman–Crippen MR) is 67.1 cm³/mol. The average molecular weight is 261 g/mol. The molecule has 1 aliphatic rings. The fraction of sp³-hybridized carbons (Fsp3) is 0.462. The standard InChI is InChI=1S/C13H15N3O3/c1-18-13(17)9-4-5-11-14-12(15-16(11)7-9)10-3-2-6-19-8-10/h4-5,7,10H,2-3,6,8H2,1H3. The molecule has 0 aliphatic carbocycles. The first kappa shape index (κ1) is 12.1. The number of pyridine rings is 1. The van der Waals surface area contributed by atoms with Crippen molar-refractivity contribution in [1.82, 2.24) is 14.6 Å². The van der Waals surface area contributed by atoms with E-state index in [-0.39, 0.29) is 11.9 Å². The third-order valence-corrected chi connectivity index (χ3v) is 3.29.